The summed E-state index contributed by atoms with van der Waals surface area (Å²) >= 11 is 0. The normalized spacial score (nSPS) is 42.2. The Morgan fingerprint density at radius 2 is 1.31 bits per heavy atom. The van der Waals surface area contributed by atoms with Crippen LogP contribution < -0.4 is 11.5 Å². The van der Waals surface area contributed by atoms with Crippen molar-refractivity contribution in [3.63, 3.8) is 0 Å². The minimum Gasteiger partial charge on any atom is -0.369 e. The van der Waals surface area contributed by atoms with Crippen LogP contribution in [-0.4, -0.2) is 11.8 Å². The molecular formula is C9H14N2O2. The number of rotatable bonds is 2. The molecule has 2 saturated carbocycles. The van der Waals surface area contributed by atoms with E-state index < -0.39 is 0 Å². The Kier molecular flexibility index (Phi) is 1.78. The van der Waals surface area contributed by atoms with E-state index in [-0.39, 0.29) is 23.7 Å². The standard InChI is InChI=1S/C9H14N2O2/c10-8(12)6-4-1-2-5(3-4)7(6)9(11)13/h4-7H,1-3H2,(H2,10,12)(H2,11,13). The van der Waals surface area contributed by atoms with Gasteiger partial charge in [0.15, 0.2) is 0 Å². The van der Waals surface area contributed by atoms with E-state index in [0.29, 0.717) is 11.8 Å². The Hall–Kier alpha value is -1.06. The van der Waals surface area contributed by atoms with Gasteiger partial charge >= 0.3 is 0 Å². The molecule has 4 unspecified atom stereocenters. The average Bonchev–Trinajstić information content (AvgIpc) is 2.60. The topological polar surface area (TPSA) is 86.2 Å². The zero-order valence-corrected chi connectivity index (χ0v) is 7.40. The first-order valence-electron chi connectivity index (χ1n) is 4.70. The molecule has 13 heavy (non-hydrogen) atoms. The minimum atomic E-state index is -0.351. The molecule has 4 atom stereocenters. The summed E-state index contributed by atoms with van der Waals surface area (Å²) in [5.41, 5.74) is 10.5. The first kappa shape index (κ1) is 8.53. The average molecular weight is 182 g/mol. The van der Waals surface area contributed by atoms with Crippen molar-refractivity contribution < 1.29 is 9.59 Å². The maximum atomic E-state index is 11.1. The summed E-state index contributed by atoms with van der Waals surface area (Å²) < 4.78 is 0. The summed E-state index contributed by atoms with van der Waals surface area (Å²) in [7, 11) is 0. The second-order valence-corrected chi connectivity index (χ2v) is 4.19. The fourth-order valence-electron chi connectivity index (χ4n) is 3.11. The maximum absolute atomic E-state index is 11.1. The van der Waals surface area contributed by atoms with Gasteiger partial charge in [0.1, 0.15) is 0 Å². The van der Waals surface area contributed by atoms with Crippen LogP contribution >= 0.6 is 0 Å². The summed E-state index contributed by atoms with van der Waals surface area (Å²) in [5.74, 6) is -0.625. The fraction of sp³-hybridized carbons (Fsp3) is 0.778. The molecule has 2 fully saturated rings. The maximum Gasteiger partial charge on any atom is 0.221 e. The van der Waals surface area contributed by atoms with Crippen molar-refractivity contribution in [3.05, 3.63) is 0 Å². The molecule has 0 spiro atoms. The van der Waals surface area contributed by atoms with Gasteiger partial charge in [0, 0.05) is 0 Å². The van der Waals surface area contributed by atoms with Crippen LogP contribution in [0.1, 0.15) is 19.3 Å². The second kappa shape index (κ2) is 2.72. The summed E-state index contributed by atoms with van der Waals surface area (Å²) in [6.45, 7) is 0. The van der Waals surface area contributed by atoms with Crippen LogP contribution in [0.25, 0.3) is 0 Å². The van der Waals surface area contributed by atoms with E-state index in [9.17, 15) is 9.59 Å². The first-order valence-corrected chi connectivity index (χ1v) is 4.70. The highest BCUT2D eigenvalue weighted by molar-refractivity contribution is 5.87. The van der Waals surface area contributed by atoms with Crippen molar-refractivity contribution in [1.29, 1.82) is 0 Å². The number of nitrogens with two attached hydrogens (primary N) is 2. The molecule has 0 aromatic carbocycles. The molecule has 0 aliphatic heterocycles. The molecular weight excluding hydrogens is 168 g/mol. The quantitative estimate of drug-likeness (QED) is 0.609. The Bertz CT molecular complexity index is 238. The number of carbonyl (C=O) groups excluding carboxylic acids is 2. The van der Waals surface area contributed by atoms with Crippen LogP contribution in [0.5, 0.6) is 0 Å². The molecule has 2 aliphatic rings. The van der Waals surface area contributed by atoms with E-state index in [1.807, 2.05) is 0 Å². The van der Waals surface area contributed by atoms with Gasteiger partial charge in [-0.05, 0) is 31.1 Å². The summed E-state index contributed by atoms with van der Waals surface area (Å²) in [6, 6.07) is 0. The predicted molar refractivity (Wildman–Crippen MR) is 46.2 cm³/mol. The van der Waals surface area contributed by atoms with Gasteiger partial charge in [0.25, 0.3) is 0 Å². The zero-order valence-electron chi connectivity index (χ0n) is 7.40. The lowest BCUT2D eigenvalue weighted by Gasteiger charge is -2.25. The molecule has 2 rings (SSSR count). The highest BCUT2D eigenvalue weighted by atomic mass is 16.2. The van der Waals surface area contributed by atoms with Gasteiger partial charge in [0.2, 0.25) is 11.8 Å². The number of primary amides is 2. The Morgan fingerprint density at radius 1 is 0.923 bits per heavy atom. The fourth-order valence-corrected chi connectivity index (χ4v) is 3.11. The molecule has 4 nitrogen and oxygen atoms in total. The van der Waals surface area contributed by atoms with Crippen LogP contribution in [-0.2, 0) is 9.59 Å². The van der Waals surface area contributed by atoms with E-state index in [1.54, 1.807) is 0 Å². The van der Waals surface area contributed by atoms with Gasteiger partial charge in [-0.3, -0.25) is 9.59 Å². The Morgan fingerprint density at radius 3 is 1.62 bits per heavy atom. The molecule has 0 aromatic rings. The van der Waals surface area contributed by atoms with Crippen LogP contribution in [0.15, 0.2) is 0 Å². The first-order chi connectivity index (χ1) is 6.11. The minimum absolute atomic E-state index is 0.281. The lowest BCUT2D eigenvalue weighted by Crippen LogP contribution is -2.41. The molecule has 72 valence electrons. The van der Waals surface area contributed by atoms with Crippen molar-refractivity contribution in [3.8, 4) is 0 Å². The third-order valence-corrected chi connectivity index (χ3v) is 3.57. The molecule has 2 aliphatic carbocycles. The summed E-state index contributed by atoms with van der Waals surface area (Å²) in [4.78, 5) is 22.2. The summed E-state index contributed by atoms with van der Waals surface area (Å²) in [6.07, 6.45) is 3.02. The third kappa shape index (κ3) is 1.12. The Balaban J connectivity index is 2.24. The van der Waals surface area contributed by atoms with Crippen molar-refractivity contribution in [2.75, 3.05) is 0 Å². The SMILES string of the molecule is NC(=O)C1C2CCC(C2)C1C(N)=O. The van der Waals surface area contributed by atoms with Crippen LogP contribution in [0.2, 0.25) is 0 Å². The van der Waals surface area contributed by atoms with Gasteiger partial charge in [-0.15, -0.1) is 0 Å². The Labute approximate surface area is 76.6 Å². The molecule has 2 bridgehead atoms. The van der Waals surface area contributed by atoms with Crippen LogP contribution in [0, 0.1) is 23.7 Å². The van der Waals surface area contributed by atoms with Crippen molar-refractivity contribution in [2.24, 2.45) is 35.1 Å². The molecule has 0 radical (unpaired) electrons. The molecule has 2 amide bonds. The molecule has 0 saturated heterocycles. The lowest BCUT2D eigenvalue weighted by atomic mass is 9.78. The van der Waals surface area contributed by atoms with Gasteiger partial charge < -0.3 is 11.5 Å². The second-order valence-electron chi connectivity index (χ2n) is 4.19. The molecule has 0 aromatic heterocycles. The van der Waals surface area contributed by atoms with Gasteiger partial charge in [-0.1, -0.05) is 0 Å². The zero-order chi connectivity index (χ0) is 9.59. The van der Waals surface area contributed by atoms with Crippen molar-refractivity contribution >= 4 is 11.8 Å². The van der Waals surface area contributed by atoms with Crippen LogP contribution in [0.4, 0.5) is 0 Å². The molecule has 0 heterocycles. The summed E-state index contributed by atoms with van der Waals surface area (Å²) in [5, 5.41) is 0. The monoisotopic (exact) mass is 182 g/mol. The highest BCUT2D eigenvalue weighted by Crippen LogP contribution is 2.51. The van der Waals surface area contributed by atoms with Gasteiger partial charge in [-0.25, -0.2) is 0 Å². The third-order valence-electron chi connectivity index (χ3n) is 3.57. The van der Waals surface area contributed by atoms with E-state index in [0.717, 1.165) is 19.3 Å². The number of fused-ring (bicyclic) bond motifs is 2. The van der Waals surface area contributed by atoms with E-state index in [2.05, 4.69) is 0 Å². The molecule has 4 heteroatoms. The lowest BCUT2D eigenvalue weighted by molar-refractivity contribution is -0.133. The highest BCUT2D eigenvalue weighted by Gasteiger charge is 2.52. The van der Waals surface area contributed by atoms with Crippen molar-refractivity contribution in [1.82, 2.24) is 0 Å². The van der Waals surface area contributed by atoms with E-state index in [4.69, 9.17) is 11.5 Å². The van der Waals surface area contributed by atoms with E-state index >= 15 is 0 Å². The predicted octanol–water partition coefficient (Wildman–Crippen LogP) is -0.381. The largest absolute Gasteiger partial charge is 0.369 e. The van der Waals surface area contributed by atoms with Crippen molar-refractivity contribution in [2.45, 2.75) is 19.3 Å². The van der Waals surface area contributed by atoms with E-state index in [1.165, 1.54) is 0 Å². The van der Waals surface area contributed by atoms with Crippen LogP contribution in [0.3, 0.4) is 0 Å². The van der Waals surface area contributed by atoms with Gasteiger partial charge in [-0.2, -0.15) is 0 Å². The number of amides is 2. The number of carbonyl (C=O) groups is 2. The number of hydrogen-bond acceptors (Lipinski definition) is 2. The number of hydrogen-bond donors (Lipinski definition) is 2. The molecule has 4 N–H and O–H groups in total. The smallest absolute Gasteiger partial charge is 0.221 e. The van der Waals surface area contributed by atoms with Gasteiger partial charge in [0.05, 0.1) is 11.8 Å².